The maximum atomic E-state index is 12.2. The Morgan fingerprint density at radius 3 is 2.68 bits per heavy atom. The molecule has 1 heterocycles. The number of aromatic amines is 1. The molecule has 0 unspecified atom stereocenters. The van der Waals surface area contributed by atoms with Gasteiger partial charge in [-0.15, -0.1) is 0 Å². The predicted molar refractivity (Wildman–Crippen MR) is 84.4 cm³/mol. The van der Waals surface area contributed by atoms with Crippen LogP contribution in [0.3, 0.4) is 0 Å². The van der Waals surface area contributed by atoms with Crippen molar-refractivity contribution in [3.8, 4) is 0 Å². The Labute approximate surface area is 129 Å². The number of nitrogens with zero attached hydrogens (tertiary/aromatic N) is 1. The lowest BCUT2D eigenvalue weighted by atomic mass is 10.2. The van der Waals surface area contributed by atoms with E-state index in [0.717, 1.165) is 10.9 Å². The van der Waals surface area contributed by atoms with E-state index in [-0.39, 0.29) is 16.6 Å². The molecule has 1 amide bonds. The number of anilines is 1. The number of carbonyl (C=O) groups excluding carboxylic acids is 1. The number of para-hydroxylation sites is 1. The van der Waals surface area contributed by atoms with E-state index in [0.29, 0.717) is 11.4 Å². The van der Waals surface area contributed by atoms with Crippen LogP contribution in [-0.4, -0.2) is 15.8 Å². The van der Waals surface area contributed by atoms with Gasteiger partial charge in [-0.05, 0) is 24.3 Å². The van der Waals surface area contributed by atoms with Gasteiger partial charge in [-0.3, -0.25) is 14.9 Å². The molecule has 110 valence electrons. The summed E-state index contributed by atoms with van der Waals surface area (Å²) in [5.41, 5.74) is 1.27. The molecule has 2 aromatic carbocycles. The van der Waals surface area contributed by atoms with Crippen LogP contribution in [-0.2, 0) is 0 Å². The Hall–Kier alpha value is -2.86. The van der Waals surface area contributed by atoms with Gasteiger partial charge in [0.25, 0.3) is 11.6 Å². The topological polar surface area (TPSA) is 88.0 Å². The predicted octanol–water partition coefficient (Wildman–Crippen LogP) is 3.98. The van der Waals surface area contributed by atoms with E-state index in [1.807, 2.05) is 24.3 Å². The van der Waals surface area contributed by atoms with Gasteiger partial charge in [0, 0.05) is 22.7 Å². The summed E-state index contributed by atoms with van der Waals surface area (Å²) in [7, 11) is 0. The molecule has 0 aliphatic rings. The average molecular weight is 316 g/mol. The van der Waals surface area contributed by atoms with Crippen molar-refractivity contribution >= 4 is 39.8 Å². The summed E-state index contributed by atoms with van der Waals surface area (Å²) < 4.78 is 0. The molecule has 0 saturated heterocycles. The molecular formula is C15H10ClN3O3. The largest absolute Gasteiger partial charge is 0.351 e. The van der Waals surface area contributed by atoms with Crippen molar-refractivity contribution < 1.29 is 9.72 Å². The lowest BCUT2D eigenvalue weighted by molar-refractivity contribution is -0.384. The summed E-state index contributed by atoms with van der Waals surface area (Å²) in [6.07, 6.45) is 0. The number of fused-ring (bicyclic) bond motifs is 1. The van der Waals surface area contributed by atoms with Gasteiger partial charge < -0.3 is 10.3 Å². The van der Waals surface area contributed by atoms with Gasteiger partial charge in [0.2, 0.25) is 0 Å². The van der Waals surface area contributed by atoms with E-state index in [4.69, 9.17) is 11.6 Å². The number of nitrogens with one attached hydrogen (secondary N) is 2. The summed E-state index contributed by atoms with van der Waals surface area (Å²) in [5.74, 6) is -0.382. The van der Waals surface area contributed by atoms with E-state index < -0.39 is 4.92 Å². The molecule has 2 N–H and O–H groups in total. The van der Waals surface area contributed by atoms with Crippen LogP contribution in [0.4, 0.5) is 11.4 Å². The molecule has 3 aromatic rings. The molecule has 3 rings (SSSR count). The highest BCUT2D eigenvalue weighted by molar-refractivity contribution is 6.32. The van der Waals surface area contributed by atoms with E-state index in [9.17, 15) is 14.9 Å². The van der Waals surface area contributed by atoms with Crippen LogP contribution in [0.15, 0.2) is 48.5 Å². The third kappa shape index (κ3) is 2.64. The maximum Gasteiger partial charge on any atom is 0.289 e. The standard InChI is InChI=1S/C15H10ClN3O3/c16-11-6-5-10(8-14(11)19(21)22)17-15(20)13-7-9-3-1-2-4-12(9)18-13/h1-8,18H,(H,17,20). The van der Waals surface area contributed by atoms with Crippen molar-refractivity contribution in [3.05, 3.63) is 69.4 Å². The first-order valence-corrected chi connectivity index (χ1v) is 6.75. The lowest BCUT2D eigenvalue weighted by Gasteiger charge is -2.04. The molecular weight excluding hydrogens is 306 g/mol. The van der Waals surface area contributed by atoms with Gasteiger partial charge >= 0.3 is 0 Å². The molecule has 0 atom stereocenters. The second kappa shape index (κ2) is 5.50. The molecule has 0 aliphatic carbocycles. The number of benzene rings is 2. The van der Waals surface area contributed by atoms with Crippen LogP contribution in [0.5, 0.6) is 0 Å². The highest BCUT2D eigenvalue weighted by atomic mass is 35.5. The summed E-state index contributed by atoms with van der Waals surface area (Å²) >= 11 is 5.74. The summed E-state index contributed by atoms with van der Waals surface area (Å²) in [5, 5.41) is 14.4. The number of hydrogen-bond acceptors (Lipinski definition) is 3. The first kappa shape index (κ1) is 14.1. The Bertz CT molecular complexity index is 856. The SMILES string of the molecule is O=C(Nc1ccc(Cl)c([N+](=O)[O-])c1)c1cc2ccccc2[nH]1. The molecule has 0 fully saturated rings. The van der Waals surface area contributed by atoms with Crippen molar-refractivity contribution in [2.75, 3.05) is 5.32 Å². The van der Waals surface area contributed by atoms with E-state index in [1.54, 1.807) is 6.07 Å². The lowest BCUT2D eigenvalue weighted by Crippen LogP contribution is -2.12. The molecule has 1 aromatic heterocycles. The quantitative estimate of drug-likeness (QED) is 0.566. The van der Waals surface area contributed by atoms with Gasteiger partial charge in [0.05, 0.1) is 4.92 Å². The van der Waals surface area contributed by atoms with Crippen LogP contribution < -0.4 is 5.32 Å². The van der Waals surface area contributed by atoms with Gasteiger partial charge in [0.1, 0.15) is 10.7 Å². The molecule has 0 spiro atoms. The first-order valence-electron chi connectivity index (χ1n) is 6.37. The number of hydrogen-bond donors (Lipinski definition) is 2. The van der Waals surface area contributed by atoms with Crippen molar-refractivity contribution in [2.24, 2.45) is 0 Å². The molecule has 6 nitrogen and oxygen atoms in total. The normalized spacial score (nSPS) is 10.6. The van der Waals surface area contributed by atoms with Gasteiger partial charge in [0.15, 0.2) is 0 Å². The van der Waals surface area contributed by atoms with Crippen molar-refractivity contribution in [1.82, 2.24) is 4.98 Å². The summed E-state index contributed by atoms with van der Waals surface area (Å²) in [6, 6.07) is 13.3. The second-order valence-corrected chi connectivity index (χ2v) is 5.05. The van der Waals surface area contributed by atoms with Crippen molar-refractivity contribution in [3.63, 3.8) is 0 Å². The first-order chi connectivity index (χ1) is 10.5. The smallest absolute Gasteiger partial charge is 0.289 e. The average Bonchev–Trinajstić information content (AvgIpc) is 2.93. The number of carbonyl (C=O) groups is 1. The number of amides is 1. The number of nitro groups is 1. The minimum atomic E-state index is -0.596. The highest BCUT2D eigenvalue weighted by Crippen LogP contribution is 2.27. The fourth-order valence-electron chi connectivity index (χ4n) is 2.12. The van der Waals surface area contributed by atoms with Crippen molar-refractivity contribution in [1.29, 1.82) is 0 Å². The highest BCUT2D eigenvalue weighted by Gasteiger charge is 2.15. The number of H-pyrrole nitrogens is 1. The van der Waals surface area contributed by atoms with E-state index in [2.05, 4.69) is 10.3 Å². The van der Waals surface area contributed by atoms with Crippen LogP contribution in [0, 0.1) is 10.1 Å². The zero-order valence-corrected chi connectivity index (χ0v) is 11.9. The van der Waals surface area contributed by atoms with E-state index in [1.165, 1.54) is 18.2 Å². The van der Waals surface area contributed by atoms with Crippen LogP contribution in [0.25, 0.3) is 10.9 Å². The van der Waals surface area contributed by atoms with Crippen LogP contribution in [0.1, 0.15) is 10.5 Å². The minimum absolute atomic E-state index is 0.0219. The Morgan fingerprint density at radius 1 is 1.18 bits per heavy atom. The zero-order chi connectivity index (χ0) is 15.7. The summed E-state index contributed by atoms with van der Waals surface area (Å²) in [6.45, 7) is 0. The third-order valence-corrected chi connectivity index (χ3v) is 3.49. The number of halogens is 1. The monoisotopic (exact) mass is 315 g/mol. The van der Waals surface area contributed by atoms with Crippen molar-refractivity contribution in [2.45, 2.75) is 0 Å². The Balaban J connectivity index is 1.87. The van der Waals surface area contributed by atoms with Gasteiger partial charge in [-0.1, -0.05) is 29.8 Å². The second-order valence-electron chi connectivity index (χ2n) is 4.65. The number of rotatable bonds is 3. The van der Waals surface area contributed by atoms with Crippen LogP contribution >= 0.6 is 11.6 Å². The molecule has 0 bridgehead atoms. The number of nitro benzene ring substituents is 1. The third-order valence-electron chi connectivity index (χ3n) is 3.18. The van der Waals surface area contributed by atoms with Crippen LogP contribution in [0.2, 0.25) is 5.02 Å². The minimum Gasteiger partial charge on any atom is -0.351 e. The van der Waals surface area contributed by atoms with Gasteiger partial charge in [-0.2, -0.15) is 0 Å². The molecule has 7 heteroatoms. The molecule has 0 saturated carbocycles. The van der Waals surface area contributed by atoms with E-state index >= 15 is 0 Å². The molecule has 0 aliphatic heterocycles. The Morgan fingerprint density at radius 2 is 1.95 bits per heavy atom. The number of aromatic nitrogens is 1. The zero-order valence-electron chi connectivity index (χ0n) is 11.2. The fraction of sp³-hybridized carbons (Fsp3) is 0. The van der Waals surface area contributed by atoms with Gasteiger partial charge in [-0.25, -0.2) is 0 Å². The fourth-order valence-corrected chi connectivity index (χ4v) is 2.31. The maximum absolute atomic E-state index is 12.2. The molecule has 0 radical (unpaired) electrons. The molecule has 22 heavy (non-hydrogen) atoms. The summed E-state index contributed by atoms with van der Waals surface area (Å²) in [4.78, 5) is 25.5. The Kier molecular flexibility index (Phi) is 3.52.